The Morgan fingerprint density at radius 1 is 0.778 bits per heavy atom. The van der Waals surface area contributed by atoms with Crippen molar-refractivity contribution in [2.24, 2.45) is 11.8 Å². The molecular formula is C16H29NS. The molecule has 0 amide bonds. The van der Waals surface area contributed by atoms with E-state index in [1.165, 1.54) is 75.7 Å². The Balaban J connectivity index is 1.57. The Labute approximate surface area is 117 Å². The lowest BCUT2D eigenvalue weighted by atomic mass is 9.71. The normalized spacial score (nSPS) is 39.0. The standard InChI is InChI=1S/C16H29NS/c1-2-6-13(7-3-1)15-8-4-5-9-16(15)17-14-10-11-18-12-14/h13-17H,1-12H2. The molecule has 0 aromatic carbocycles. The molecule has 2 saturated carbocycles. The van der Waals surface area contributed by atoms with Crippen molar-refractivity contribution in [3.05, 3.63) is 0 Å². The third-order valence-corrected chi connectivity index (χ3v) is 6.62. The first-order valence-electron chi connectivity index (χ1n) is 8.27. The first kappa shape index (κ1) is 13.3. The molecule has 2 aliphatic carbocycles. The molecule has 3 atom stereocenters. The first-order chi connectivity index (χ1) is 8.93. The lowest BCUT2D eigenvalue weighted by Crippen LogP contribution is -2.47. The van der Waals surface area contributed by atoms with Crippen LogP contribution in [-0.4, -0.2) is 23.6 Å². The van der Waals surface area contributed by atoms with E-state index in [4.69, 9.17) is 0 Å². The molecule has 3 fully saturated rings. The molecule has 104 valence electrons. The van der Waals surface area contributed by atoms with E-state index in [1.54, 1.807) is 0 Å². The molecule has 0 radical (unpaired) electrons. The number of hydrogen-bond acceptors (Lipinski definition) is 2. The fourth-order valence-electron chi connectivity index (χ4n) is 4.46. The highest BCUT2D eigenvalue weighted by atomic mass is 32.2. The minimum absolute atomic E-state index is 0.837. The van der Waals surface area contributed by atoms with Gasteiger partial charge in [-0.2, -0.15) is 11.8 Å². The van der Waals surface area contributed by atoms with E-state index >= 15 is 0 Å². The van der Waals surface area contributed by atoms with Crippen LogP contribution in [-0.2, 0) is 0 Å². The second kappa shape index (κ2) is 6.65. The van der Waals surface area contributed by atoms with Crippen LogP contribution in [0.4, 0.5) is 0 Å². The number of hydrogen-bond donors (Lipinski definition) is 1. The molecule has 3 aliphatic rings. The Kier molecular flexibility index (Phi) is 4.92. The topological polar surface area (TPSA) is 12.0 Å². The summed E-state index contributed by atoms with van der Waals surface area (Å²) in [7, 11) is 0. The summed E-state index contributed by atoms with van der Waals surface area (Å²) in [4.78, 5) is 0. The molecule has 1 aliphatic heterocycles. The second-order valence-corrected chi connectivity index (χ2v) is 7.83. The van der Waals surface area contributed by atoms with Gasteiger partial charge in [-0.1, -0.05) is 44.9 Å². The van der Waals surface area contributed by atoms with E-state index in [1.807, 2.05) is 0 Å². The smallest absolute Gasteiger partial charge is 0.0168 e. The fourth-order valence-corrected chi connectivity index (χ4v) is 5.63. The van der Waals surface area contributed by atoms with Crippen LogP contribution in [0.1, 0.15) is 64.2 Å². The minimum Gasteiger partial charge on any atom is -0.310 e. The van der Waals surface area contributed by atoms with E-state index in [0.717, 1.165) is 23.9 Å². The molecule has 2 heteroatoms. The van der Waals surface area contributed by atoms with Gasteiger partial charge in [-0.25, -0.2) is 0 Å². The summed E-state index contributed by atoms with van der Waals surface area (Å²) < 4.78 is 0. The number of thioether (sulfide) groups is 1. The second-order valence-electron chi connectivity index (χ2n) is 6.68. The van der Waals surface area contributed by atoms with E-state index in [-0.39, 0.29) is 0 Å². The predicted octanol–water partition coefficient (Wildman–Crippen LogP) is 4.22. The molecule has 1 N–H and O–H groups in total. The van der Waals surface area contributed by atoms with Crippen LogP contribution in [0.25, 0.3) is 0 Å². The summed E-state index contributed by atoms with van der Waals surface area (Å²) in [5, 5.41) is 4.04. The van der Waals surface area contributed by atoms with Gasteiger partial charge in [0.15, 0.2) is 0 Å². The van der Waals surface area contributed by atoms with Gasteiger partial charge in [-0.15, -0.1) is 0 Å². The lowest BCUT2D eigenvalue weighted by molar-refractivity contribution is 0.144. The van der Waals surface area contributed by atoms with Crippen molar-refractivity contribution in [1.82, 2.24) is 5.32 Å². The molecule has 3 rings (SSSR count). The van der Waals surface area contributed by atoms with Crippen LogP contribution in [0, 0.1) is 11.8 Å². The van der Waals surface area contributed by atoms with Crippen LogP contribution in [0.2, 0.25) is 0 Å². The number of nitrogens with one attached hydrogen (secondary N) is 1. The molecule has 0 bridgehead atoms. The van der Waals surface area contributed by atoms with Gasteiger partial charge in [-0.3, -0.25) is 0 Å². The molecule has 0 spiro atoms. The van der Waals surface area contributed by atoms with Crippen molar-refractivity contribution < 1.29 is 0 Å². The third-order valence-electron chi connectivity index (χ3n) is 5.45. The minimum atomic E-state index is 0.837. The van der Waals surface area contributed by atoms with Crippen molar-refractivity contribution in [3.63, 3.8) is 0 Å². The number of rotatable bonds is 3. The highest BCUT2D eigenvalue weighted by molar-refractivity contribution is 7.99. The predicted molar refractivity (Wildman–Crippen MR) is 81.2 cm³/mol. The SMILES string of the molecule is C1CCC(C2CCCCC2NC2CCSC2)CC1. The summed E-state index contributed by atoms with van der Waals surface area (Å²) in [6, 6.07) is 1.70. The zero-order valence-electron chi connectivity index (χ0n) is 11.7. The van der Waals surface area contributed by atoms with E-state index in [9.17, 15) is 0 Å². The van der Waals surface area contributed by atoms with Crippen molar-refractivity contribution in [1.29, 1.82) is 0 Å². The third kappa shape index (κ3) is 3.25. The van der Waals surface area contributed by atoms with E-state index in [2.05, 4.69) is 17.1 Å². The van der Waals surface area contributed by atoms with Crippen LogP contribution in [0.5, 0.6) is 0 Å². The Bertz CT molecular complexity index is 243. The summed E-state index contributed by atoms with van der Waals surface area (Å²) in [5.74, 6) is 4.84. The molecule has 0 aromatic rings. The van der Waals surface area contributed by atoms with E-state index in [0.29, 0.717) is 0 Å². The van der Waals surface area contributed by atoms with Crippen molar-refractivity contribution in [2.75, 3.05) is 11.5 Å². The zero-order chi connectivity index (χ0) is 12.2. The van der Waals surface area contributed by atoms with Gasteiger partial charge in [0.1, 0.15) is 0 Å². The monoisotopic (exact) mass is 267 g/mol. The van der Waals surface area contributed by atoms with Gasteiger partial charge < -0.3 is 5.32 Å². The van der Waals surface area contributed by atoms with Crippen LogP contribution < -0.4 is 5.32 Å². The maximum absolute atomic E-state index is 4.04. The fraction of sp³-hybridized carbons (Fsp3) is 1.00. The summed E-state index contributed by atoms with van der Waals surface area (Å²) in [5.41, 5.74) is 0. The van der Waals surface area contributed by atoms with Gasteiger partial charge in [0.2, 0.25) is 0 Å². The molecule has 18 heavy (non-hydrogen) atoms. The van der Waals surface area contributed by atoms with Crippen molar-refractivity contribution >= 4 is 11.8 Å². The van der Waals surface area contributed by atoms with Crippen molar-refractivity contribution in [3.8, 4) is 0 Å². The molecule has 0 aromatic heterocycles. The van der Waals surface area contributed by atoms with Gasteiger partial charge >= 0.3 is 0 Å². The zero-order valence-corrected chi connectivity index (χ0v) is 12.5. The Morgan fingerprint density at radius 3 is 2.33 bits per heavy atom. The lowest BCUT2D eigenvalue weighted by Gasteiger charge is -2.40. The van der Waals surface area contributed by atoms with Gasteiger partial charge in [-0.05, 0) is 36.9 Å². The molecule has 1 saturated heterocycles. The molecule has 3 unspecified atom stereocenters. The summed E-state index contributed by atoms with van der Waals surface area (Å²) >= 11 is 2.15. The largest absolute Gasteiger partial charge is 0.310 e. The highest BCUT2D eigenvalue weighted by Crippen LogP contribution is 2.38. The summed E-state index contributed by atoms with van der Waals surface area (Å²) in [6.07, 6.45) is 14.9. The van der Waals surface area contributed by atoms with Crippen molar-refractivity contribution in [2.45, 2.75) is 76.3 Å². The highest BCUT2D eigenvalue weighted by Gasteiger charge is 2.33. The summed E-state index contributed by atoms with van der Waals surface area (Å²) in [6.45, 7) is 0. The van der Waals surface area contributed by atoms with Gasteiger partial charge in [0, 0.05) is 17.8 Å². The Hall–Kier alpha value is 0.310. The average molecular weight is 267 g/mol. The maximum Gasteiger partial charge on any atom is 0.0168 e. The molecular weight excluding hydrogens is 238 g/mol. The average Bonchev–Trinajstić information content (AvgIpc) is 2.93. The van der Waals surface area contributed by atoms with E-state index < -0.39 is 0 Å². The maximum atomic E-state index is 4.04. The van der Waals surface area contributed by atoms with Crippen LogP contribution >= 0.6 is 11.8 Å². The van der Waals surface area contributed by atoms with Crippen LogP contribution in [0.15, 0.2) is 0 Å². The molecule has 1 heterocycles. The first-order valence-corrected chi connectivity index (χ1v) is 9.43. The van der Waals surface area contributed by atoms with Crippen LogP contribution in [0.3, 0.4) is 0 Å². The van der Waals surface area contributed by atoms with Gasteiger partial charge in [0.25, 0.3) is 0 Å². The Morgan fingerprint density at radius 2 is 1.56 bits per heavy atom. The van der Waals surface area contributed by atoms with Gasteiger partial charge in [0.05, 0.1) is 0 Å². The quantitative estimate of drug-likeness (QED) is 0.821. The molecule has 1 nitrogen and oxygen atoms in total.